The number of hydrogen-bond acceptors (Lipinski definition) is 5. The Morgan fingerprint density at radius 2 is 2.00 bits per heavy atom. The van der Waals surface area contributed by atoms with Crippen LogP contribution in [-0.2, 0) is 4.74 Å². The van der Waals surface area contributed by atoms with Crippen molar-refractivity contribution in [1.29, 1.82) is 0 Å². The largest absolute Gasteiger partial charge is 0.394 e. The molecule has 0 unspecified atom stereocenters. The highest BCUT2D eigenvalue weighted by atomic mass is 16.7. The summed E-state index contributed by atoms with van der Waals surface area (Å²) in [5.74, 6) is -1.85. The van der Waals surface area contributed by atoms with E-state index in [1.807, 2.05) is 0 Å². The highest BCUT2D eigenvalue weighted by Crippen LogP contribution is 2.29. The van der Waals surface area contributed by atoms with Crippen molar-refractivity contribution in [3.8, 4) is 0 Å². The molecule has 60 valence electrons. The van der Waals surface area contributed by atoms with E-state index in [2.05, 4.69) is 4.74 Å². The summed E-state index contributed by atoms with van der Waals surface area (Å²) in [5, 5.41) is 34.7. The van der Waals surface area contributed by atoms with Crippen LogP contribution < -0.4 is 0 Å². The summed E-state index contributed by atoms with van der Waals surface area (Å²) in [7, 11) is 0. The molecule has 0 spiro atoms. The summed E-state index contributed by atoms with van der Waals surface area (Å²) < 4.78 is 4.54. The molecule has 1 aliphatic heterocycles. The van der Waals surface area contributed by atoms with E-state index in [0.717, 1.165) is 0 Å². The molecule has 4 N–H and O–H groups in total. The fourth-order valence-electron chi connectivity index (χ4n) is 0.882. The van der Waals surface area contributed by atoms with Crippen LogP contribution in [0.5, 0.6) is 0 Å². The molecule has 1 saturated heterocycles. The first-order valence-corrected chi connectivity index (χ1v) is 2.94. The van der Waals surface area contributed by atoms with Gasteiger partial charge in [-0.1, -0.05) is 0 Å². The molecule has 0 radical (unpaired) electrons. The van der Waals surface area contributed by atoms with Gasteiger partial charge in [0.05, 0.1) is 13.2 Å². The highest BCUT2D eigenvalue weighted by Gasteiger charge is 2.53. The topological polar surface area (TPSA) is 90.2 Å². The third kappa shape index (κ3) is 0.920. The molecule has 5 heteroatoms. The molecule has 0 bridgehead atoms. The van der Waals surface area contributed by atoms with Gasteiger partial charge < -0.3 is 25.2 Å². The summed E-state index contributed by atoms with van der Waals surface area (Å²) in [4.78, 5) is 0. The van der Waals surface area contributed by atoms with Gasteiger partial charge in [-0.05, 0) is 0 Å². The monoisotopic (exact) mass is 150 g/mol. The van der Waals surface area contributed by atoms with Gasteiger partial charge >= 0.3 is 0 Å². The second-order valence-electron chi connectivity index (χ2n) is 2.29. The van der Waals surface area contributed by atoms with Gasteiger partial charge in [-0.2, -0.15) is 0 Å². The SMILES string of the molecule is OC[C@H]1O[C@](O)(CO)[C@H]1O. The number of ether oxygens (including phenoxy) is 1. The van der Waals surface area contributed by atoms with Gasteiger partial charge in [0.1, 0.15) is 12.2 Å². The zero-order valence-electron chi connectivity index (χ0n) is 5.27. The zero-order valence-corrected chi connectivity index (χ0v) is 5.27. The lowest BCUT2D eigenvalue weighted by atomic mass is 9.98. The van der Waals surface area contributed by atoms with Crippen LogP contribution in [0.1, 0.15) is 0 Å². The quantitative estimate of drug-likeness (QED) is 0.347. The molecule has 3 atom stereocenters. The van der Waals surface area contributed by atoms with E-state index in [4.69, 9.17) is 20.4 Å². The third-order valence-electron chi connectivity index (χ3n) is 1.58. The molecule has 0 aliphatic carbocycles. The summed E-state index contributed by atoms with van der Waals surface area (Å²) in [5.41, 5.74) is 0. The molecule has 1 rings (SSSR count). The summed E-state index contributed by atoms with van der Waals surface area (Å²) in [6, 6.07) is 0. The molecule has 0 aromatic heterocycles. The van der Waals surface area contributed by atoms with Crippen LogP contribution in [0.15, 0.2) is 0 Å². The van der Waals surface area contributed by atoms with E-state index < -0.39 is 24.6 Å². The Labute approximate surface area is 57.5 Å². The molecule has 1 aliphatic rings. The lowest BCUT2D eigenvalue weighted by Gasteiger charge is -2.46. The number of aliphatic hydroxyl groups is 4. The van der Waals surface area contributed by atoms with Gasteiger partial charge in [0.15, 0.2) is 0 Å². The van der Waals surface area contributed by atoms with Crippen molar-refractivity contribution in [2.75, 3.05) is 13.2 Å². The Morgan fingerprint density at radius 3 is 2.30 bits per heavy atom. The van der Waals surface area contributed by atoms with Crippen molar-refractivity contribution < 1.29 is 25.2 Å². The fraction of sp³-hybridized carbons (Fsp3) is 1.00. The van der Waals surface area contributed by atoms with Crippen LogP contribution in [0.2, 0.25) is 0 Å². The minimum atomic E-state index is -1.85. The smallest absolute Gasteiger partial charge is 0.219 e. The lowest BCUT2D eigenvalue weighted by molar-refractivity contribution is -0.396. The Kier molecular flexibility index (Phi) is 1.93. The van der Waals surface area contributed by atoms with Crippen molar-refractivity contribution in [3.63, 3.8) is 0 Å². The summed E-state index contributed by atoms with van der Waals surface area (Å²) >= 11 is 0. The van der Waals surface area contributed by atoms with E-state index in [0.29, 0.717) is 0 Å². The van der Waals surface area contributed by atoms with E-state index in [-0.39, 0.29) is 6.61 Å². The van der Waals surface area contributed by atoms with Crippen LogP contribution in [0.3, 0.4) is 0 Å². The molecule has 0 saturated carbocycles. The van der Waals surface area contributed by atoms with Crippen molar-refractivity contribution in [1.82, 2.24) is 0 Å². The Bertz CT molecular complexity index is 127. The maximum atomic E-state index is 8.96. The van der Waals surface area contributed by atoms with Gasteiger partial charge in [-0.3, -0.25) is 0 Å². The van der Waals surface area contributed by atoms with Crippen molar-refractivity contribution in [2.24, 2.45) is 0 Å². The molecule has 5 nitrogen and oxygen atoms in total. The normalized spacial score (nSPS) is 46.8. The standard InChI is InChI=1S/C5H10O5/c6-1-3-4(8)5(9,2-7)10-3/h3-4,6-9H,1-2H2/t3-,4+,5-/m1/s1. The predicted molar refractivity (Wildman–Crippen MR) is 30.0 cm³/mol. The molecule has 1 heterocycles. The predicted octanol–water partition coefficient (Wildman–Crippen LogP) is -2.58. The maximum absolute atomic E-state index is 8.96. The first kappa shape index (κ1) is 7.90. The molecule has 1 fully saturated rings. The average molecular weight is 150 g/mol. The maximum Gasteiger partial charge on any atom is 0.219 e. The molecule has 10 heavy (non-hydrogen) atoms. The van der Waals surface area contributed by atoms with Crippen LogP contribution in [0.25, 0.3) is 0 Å². The van der Waals surface area contributed by atoms with Gasteiger partial charge in [0.2, 0.25) is 5.79 Å². The van der Waals surface area contributed by atoms with Gasteiger partial charge in [0, 0.05) is 0 Å². The lowest BCUT2D eigenvalue weighted by Crippen LogP contribution is -2.67. The Morgan fingerprint density at radius 1 is 1.40 bits per heavy atom. The zero-order chi connectivity index (χ0) is 7.78. The molecule has 0 amide bonds. The van der Waals surface area contributed by atoms with E-state index in [9.17, 15) is 0 Å². The molecule has 0 aromatic carbocycles. The minimum absolute atomic E-state index is 0.358. The van der Waals surface area contributed by atoms with Crippen molar-refractivity contribution in [2.45, 2.75) is 18.0 Å². The van der Waals surface area contributed by atoms with Crippen molar-refractivity contribution >= 4 is 0 Å². The second kappa shape index (κ2) is 2.44. The Balaban J connectivity index is 2.44. The number of aliphatic hydroxyl groups excluding tert-OH is 3. The summed E-state index contributed by atoms with van der Waals surface area (Å²) in [6.45, 7) is -1.02. The van der Waals surface area contributed by atoms with Gasteiger partial charge in [-0.15, -0.1) is 0 Å². The molecular formula is C5H10O5. The van der Waals surface area contributed by atoms with Crippen LogP contribution >= 0.6 is 0 Å². The van der Waals surface area contributed by atoms with E-state index in [1.54, 1.807) is 0 Å². The first-order valence-electron chi connectivity index (χ1n) is 2.94. The highest BCUT2D eigenvalue weighted by molar-refractivity contribution is 4.93. The second-order valence-corrected chi connectivity index (χ2v) is 2.29. The Hall–Kier alpha value is -0.200. The van der Waals surface area contributed by atoms with Crippen LogP contribution in [0, 0.1) is 0 Å². The minimum Gasteiger partial charge on any atom is -0.394 e. The molecule has 0 aromatic rings. The van der Waals surface area contributed by atoms with Crippen LogP contribution in [-0.4, -0.2) is 51.6 Å². The van der Waals surface area contributed by atoms with E-state index in [1.165, 1.54) is 0 Å². The molecular weight excluding hydrogens is 140 g/mol. The third-order valence-corrected chi connectivity index (χ3v) is 1.58. The van der Waals surface area contributed by atoms with Gasteiger partial charge in [-0.25, -0.2) is 0 Å². The first-order chi connectivity index (χ1) is 4.64. The van der Waals surface area contributed by atoms with Crippen molar-refractivity contribution in [3.05, 3.63) is 0 Å². The average Bonchev–Trinajstić information content (AvgIpc) is 1.98. The number of rotatable bonds is 2. The number of hydrogen-bond donors (Lipinski definition) is 4. The fourth-order valence-corrected chi connectivity index (χ4v) is 0.882. The van der Waals surface area contributed by atoms with E-state index >= 15 is 0 Å². The van der Waals surface area contributed by atoms with Crippen LogP contribution in [0.4, 0.5) is 0 Å². The summed E-state index contributed by atoms with van der Waals surface area (Å²) in [6.07, 6.45) is -1.96. The van der Waals surface area contributed by atoms with Gasteiger partial charge in [0.25, 0.3) is 0 Å².